The molecule has 0 spiro atoms. The molecule has 146 valence electrons. The normalized spacial score (nSPS) is 20.0. The van der Waals surface area contributed by atoms with E-state index in [0.29, 0.717) is 0 Å². The largest absolute Gasteiger partial charge is 0.352 e. The van der Waals surface area contributed by atoms with Crippen molar-refractivity contribution in [1.82, 2.24) is 13.9 Å². The second-order valence-corrected chi connectivity index (χ2v) is 9.58. The molecule has 9 nitrogen and oxygen atoms in total. The average Bonchev–Trinajstić information content (AvgIpc) is 2.58. The van der Waals surface area contributed by atoms with E-state index in [1.807, 2.05) is 0 Å². The third kappa shape index (κ3) is 4.38. The number of nitrogens with two attached hydrogens (primary N) is 1. The predicted octanol–water partition coefficient (Wildman–Crippen LogP) is -1.12. The second-order valence-electron chi connectivity index (χ2n) is 5.75. The van der Waals surface area contributed by atoms with E-state index in [1.54, 1.807) is 0 Å². The highest BCUT2D eigenvalue weighted by atomic mass is 32.2. The summed E-state index contributed by atoms with van der Waals surface area (Å²) >= 11 is 0. The summed E-state index contributed by atoms with van der Waals surface area (Å²) in [6.45, 7) is 0.140. The molecule has 1 unspecified atom stereocenters. The maximum atomic E-state index is 13.1. The van der Waals surface area contributed by atoms with E-state index in [9.17, 15) is 26.0 Å². The number of sulfonamides is 2. The van der Waals surface area contributed by atoms with Gasteiger partial charge in [-0.05, 0) is 30.7 Å². The first-order valence-electron chi connectivity index (χ1n) is 7.81. The smallest absolute Gasteiger partial charge is 0.254 e. The Hall–Kier alpha value is -1.60. The molecular formula is C14H21FN4O5S2. The summed E-state index contributed by atoms with van der Waals surface area (Å²) in [5.41, 5.74) is 5.34. The lowest BCUT2D eigenvalue weighted by Gasteiger charge is -2.40. The fourth-order valence-electron chi connectivity index (χ4n) is 2.66. The highest BCUT2D eigenvalue weighted by Crippen LogP contribution is 2.26. The molecular weight excluding hydrogens is 387 g/mol. The fourth-order valence-corrected chi connectivity index (χ4v) is 5.34. The number of nitrogens with zero attached hydrogens (tertiary/aromatic N) is 2. The van der Waals surface area contributed by atoms with Gasteiger partial charge in [0.15, 0.2) is 6.17 Å². The Morgan fingerprint density at radius 2 is 1.77 bits per heavy atom. The molecule has 2 rings (SSSR count). The highest BCUT2D eigenvalue weighted by Gasteiger charge is 2.45. The van der Waals surface area contributed by atoms with Crippen molar-refractivity contribution in [3.8, 4) is 0 Å². The maximum Gasteiger partial charge on any atom is 0.254 e. The topological polar surface area (TPSA) is 130 Å². The van der Waals surface area contributed by atoms with Gasteiger partial charge in [-0.15, -0.1) is 0 Å². The molecule has 1 aliphatic rings. The molecule has 1 aromatic carbocycles. The molecule has 1 atom stereocenters. The Morgan fingerprint density at radius 3 is 2.31 bits per heavy atom. The van der Waals surface area contributed by atoms with Gasteiger partial charge in [0, 0.05) is 26.2 Å². The van der Waals surface area contributed by atoms with Gasteiger partial charge in [-0.25, -0.2) is 21.2 Å². The number of benzene rings is 1. The quantitative estimate of drug-likeness (QED) is 0.613. The summed E-state index contributed by atoms with van der Waals surface area (Å²) in [4.78, 5) is 12.3. The van der Waals surface area contributed by atoms with Crippen LogP contribution in [0, 0.1) is 5.82 Å². The Labute approximate surface area is 152 Å². The Morgan fingerprint density at radius 1 is 1.19 bits per heavy atom. The minimum Gasteiger partial charge on any atom is -0.352 e. The van der Waals surface area contributed by atoms with Crippen LogP contribution >= 0.6 is 0 Å². The van der Waals surface area contributed by atoms with E-state index in [1.165, 1.54) is 0 Å². The van der Waals surface area contributed by atoms with Gasteiger partial charge in [0.1, 0.15) is 5.82 Å². The van der Waals surface area contributed by atoms with Crippen molar-refractivity contribution < 1.29 is 26.0 Å². The molecule has 12 heteroatoms. The number of amides is 1. The summed E-state index contributed by atoms with van der Waals surface area (Å²) in [6, 6.07) is 4.10. The van der Waals surface area contributed by atoms with Gasteiger partial charge < -0.3 is 11.1 Å². The van der Waals surface area contributed by atoms with Crippen molar-refractivity contribution in [3.05, 3.63) is 30.1 Å². The summed E-state index contributed by atoms with van der Waals surface area (Å²) in [6.07, 6.45) is -0.446. The van der Waals surface area contributed by atoms with Crippen LogP contribution < -0.4 is 11.1 Å². The Bertz CT molecular complexity index is 858. The van der Waals surface area contributed by atoms with E-state index in [4.69, 9.17) is 5.73 Å². The summed E-state index contributed by atoms with van der Waals surface area (Å²) in [7, 11) is -8.07. The van der Waals surface area contributed by atoms with E-state index in [2.05, 4.69) is 5.32 Å². The van der Waals surface area contributed by atoms with E-state index >= 15 is 0 Å². The molecule has 1 fully saturated rings. The van der Waals surface area contributed by atoms with Crippen LogP contribution in [0.25, 0.3) is 0 Å². The zero-order valence-corrected chi connectivity index (χ0v) is 15.8. The fraction of sp³-hybridized carbons (Fsp3) is 0.500. The summed E-state index contributed by atoms with van der Waals surface area (Å²) in [5, 5.41) is 2.43. The van der Waals surface area contributed by atoms with Crippen molar-refractivity contribution in [2.45, 2.75) is 17.5 Å². The summed E-state index contributed by atoms with van der Waals surface area (Å²) in [5.74, 6) is -1.40. The molecule has 3 N–H and O–H groups in total. The molecule has 0 aliphatic carbocycles. The molecule has 0 saturated carbocycles. The van der Waals surface area contributed by atoms with E-state index < -0.39 is 37.9 Å². The molecule has 1 amide bonds. The van der Waals surface area contributed by atoms with Crippen molar-refractivity contribution in [2.24, 2.45) is 5.73 Å². The lowest BCUT2D eigenvalue weighted by atomic mass is 10.3. The number of carbonyl (C=O) groups excluding carboxylic acids is 1. The zero-order valence-electron chi connectivity index (χ0n) is 14.1. The number of hydrogen-bond donors (Lipinski definition) is 2. The molecule has 26 heavy (non-hydrogen) atoms. The number of hydrogen-bond acceptors (Lipinski definition) is 6. The minimum absolute atomic E-state index is 0.00891. The Balaban J connectivity index is 2.48. The van der Waals surface area contributed by atoms with E-state index in [0.717, 1.165) is 39.1 Å². The van der Waals surface area contributed by atoms with Crippen LogP contribution in [0.4, 0.5) is 4.39 Å². The molecule has 1 aliphatic heterocycles. The van der Waals surface area contributed by atoms with Crippen LogP contribution in [-0.2, 0) is 24.8 Å². The third-order valence-corrected chi connectivity index (χ3v) is 6.93. The van der Waals surface area contributed by atoms with Gasteiger partial charge in [0.25, 0.3) is 5.91 Å². The van der Waals surface area contributed by atoms with Crippen LogP contribution in [0.1, 0.15) is 6.42 Å². The molecule has 1 aromatic rings. The second kappa shape index (κ2) is 7.96. The first-order valence-corrected chi connectivity index (χ1v) is 11.1. The van der Waals surface area contributed by atoms with Crippen molar-refractivity contribution in [1.29, 1.82) is 0 Å². The highest BCUT2D eigenvalue weighted by molar-refractivity contribution is 7.89. The number of halogens is 1. The standard InChI is InChI=1S/C14H21FN4O5S2/c1-25(21,22)18-9-2-10-19(14(18)13(20)17-8-7-16)26(23,24)12-5-3-11(15)4-6-12/h3-6,14H,2,7-10,16H2,1H3,(H,17,20). The van der Waals surface area contributed by atoms with Crippen LogP contribution in [-0.4, -0.2) is 70.0 Å². The average molecular weight is 408 g/mol. The van der Waals surface area contributed by atoms with Gasteiger partial charge in [0.2, 0.25) is 20.0 Å². The number of nitrogens with one attached hydrogen (secondary N) is 1. The first kappa shape index (κ1) is 20.7. The number of rotatable bonds is 6. The van der Waals surface area contributed by atoms with Gasteiger partial charge in [-0.3, -0.25) is 4.79 Å². The van der Waals surface area contributed by atoms with Gasteiger partial charge >= 0.3 is 0 Å². The predicted molar refractivity (Wildman–Crippen MR) is 92.3 cm³/mol. The van der Waals surface area contributed by atoms with Crippen LogP contribution in [0.2, 0.25) is 0 Å². The van der Waals surface area contributed by atoms with Crippen LogP contribution in [0.3, 0.4) is 0 Å². The van der Waals surface area contributed by atoms with Crippen molar-refractivity contribution >= 4 is 26.0 Å². The van der Waals surface area contributed by atoms with Gasteiger partial charge in [-0.2, -0.15) is 8.61 Å². The van der Waals surface area contributed by atoms with Crippen molar-refractivity contribution in [2.75, 3.05) is 32.4 Å². The molecule has 0 bridgehead atoms. The lowest BCUT2D eigenvalue weighted by molar-refractivity contribution is -0.129. The van der Waals surface area contributed by atoms with Crippen LogP contribution in [0.5, 0.6) is 0 Å². The first-order chi connectivity index (χ1) is 12.1. The van der Waals surface area contributed by atoms with Crippen LogP contribution in [0.15, 0.2) is 29.2 Å². The zero-order chi connectivity index (χ0) is 19.5. The van der Waals surface area contributed by atoms with Gasteiger partial charge in [0.05, 0.1) is 11.2 Å². The summed E-state index contributed by atoms with van der Waals surface area (Å²) < 4.78 is 64.8. The molecule has 0 radical (unpaired) electrons. The third-order valence-electron chi connectivity index (χ3n) is 3.83. The molecule has 0 aromatic heterocycles. The minimum atomic E-state index is -4.22. The molecule has 1 heterocycles. The monoisotopic (exact) mass is 408 g/mol. The van der Waals surface area contributed by atoms with E-state index in [-0.39, 0.29) is 37.5 Å². The van der Waals surface area contributed by atoms with Crippen molar-refractivity contribution in [3.63, 3.8) is 0 Å². The SMILES string of the molecule is CS(=O)(=O)N1CCCN(S(=O)(=O)c2ccc(F)cc2)C1C(=O)NCCN. The number of carbonyl (C=O) groups is 1. The van der Waals surface area contributed by atoms with Gasteiger partial charge in [-0.1, -0.05) is 0 Å². The molecule has 1 saturated heterocycles. The maximum absolute atomic E-state index is 13.1. The Kier molecular flexibility index (Phi) is 6.34. The lowest BCUT2D eigenvalue weighted by Crippen LogP contribution is -2.63.